The van der Waals surface area contributed by atoms with Gasteiger partial charge in [-0.3, -0.25) is 0 Å². The van der Waals surface area contributed by atoms with Crippen molar-refractivity contribution in [3.63, 3.8) is 0 Å². The van der Waals surface area contributed by atoms with Crippen LogP contribution in [0.3, 0.4) is 0 Å². The Morgan fingerprint density at radius 2 is 2.00 bits per heavy atom. The van der Waals surface area contributed by atoms with Crippen LogP contribution in [0.25, 0.3) is 0 Å². The molecule has 1 atom stereocenters. The Labute approximate surface area is 72.8 Å². The Morgan fingerprint density at radius 3 is 2.58 bits per heavy atom. The lowest BCUT2D eigenvalue weighted by Crippen LogP contribution is -2.14. The minimum atomic E-state index is -0.669. The van der Waals surface area contributed by atoms with E-state index in [1.807, 2.05) is 37.3 Å². The summed E-state index contributed by atoms with van der Waals surface area (Å²) in [7, 11) is 0. The lowest BCUT2D eigenvalue weighted by Gasteiger charge is -2.11. The first-order valence-electron chi connectivity index (χ1n) is 4.22. The van der Waals surface area contributed by atoms with Crippen LogP contribution in [-0.2, 0) is 0 Å². The van der Waals surface area contributed by atoms with Crippen molar-refractivity contribution in [1.82, 2.24) is 0 Å². The zero-order valence-electron chi connectivity index (χ0n) is 7.23. The fraction of sp³-hybridized carbons (Fsp3) is 0.400. The van der Waals surface area contributed by atoms with Crippen LogP contribution in [0.5, 0.6) is 5.75 Å². The first-order chi connectivity index (χ1) is 5.83. The molecular weight excluding hydrogens is 152 g/mol. The highest BCUT2D eigenvalue weighted by Gasteiger charge is 2.02. The standard InChI is InChI=1S/C10H14O2/c1-2-6-10(11)12-9-7-4-3-5-8-9/h3-5,7-8,10-11H,2,6H2,1H3. The summed E-state index contributed by atoms with van der Waals surface area (Å²) in [5.74, 6) is 0.721. The van der Waals surface area contributed by atoms with E-state index in [4.69, 9.17) is 4.74 Å². The summed E-state index contributed by atoms with van der Waals surface area (Å²) < 4.78 is 5.21. The van der Waals surface area contributed by atoms with Gasteiger partial charge in [-0.05, 0) is 12.1 Å². The number of hydrogen-bond acceptors (Lipinski definition) is 2. The highest BCUT2D eigenvalue weighted by atomic mass is 16.6. The van der Waals surface area contributed by atoms with Gasteiger partial charge in [0.05, 0.1) is 0 Å². The maximum atomic E-state index is 9.28. The lowest BCUT2D eigenvalue weighted by atomic mass is 10.3. The molecule has 0 saturated carbocycles. The number of aliphatic hydroxyl groups excluding tert-OH is 1. The van der Waals surface area contributed by atoms with E-state index < -0.39 is 6.29 Å². The molecule has 0 fully saturated rings. The van der Waals surface area contributed by atoms with Crippen molar-refractivity contribution in [2.45, 2.75) is 26.1 Å². The van der Waals surface area contributed by atoms with E-state index in [2.05, 4.69) is 0 Å². The molecule has 0 aliphatic carbocycles. The van der Waals surface area contributed by atoms with Crippen LogP contribution in [-0.4, -0.2) is 11.4 Å². The molecule has 0 saturated heterocycles. The highest BCUT2D eigenvalue weighted by Crippen LogP contribution is 2.11. The number of ether oxygens (including phenoxy) is 1. The van der Waals surface area contributed by atoms with E-state index in [9.17, 15) is 5.11 Å². The van der Waals surface area contributed by atoms with E-state index >= 15 is 0 Å². The SMILES string of the molecule is CCCC(O)Oc1ccccc1. The topological polar surface area (TPSA) is 29.5 Å². The smallest absolute Gasteiger partial charge is 0.197 e. The van der Waals surface area contributed by atoms with Gasteiger partial charge in [0.25, 0.3) is 0 Å². The number of benzene rings is 1. The molecule has 1 N–H and O–H groups in total. The molecule has 0 spiro atoms. The quantitative estimate of drug-likeness (QED) is 0.695. The van der Waals surface area contributed by atoms with Crippen molar-refractivity contribution in [3.05, 3.63) is 30.3 Å². The molecule has 0 radical (unpaired) electrons. The molecule has 0 heterocycles. The van der Waals surface area contributed by atoms with Crippen LogP contribution in [0.1, 0.15) is 19.8 Å². The molecule has 1 aromatic rings. The van der Waals surface area contributed by atoms with E-state index in [0.29, 0.717) is 6.42 Å². The summed E-state index contributed by atoms with van der Waals surface area (Å²) in [5.41, 5.74) is 0. The number of para-hydroxylation sites is 1. The number of rotatable bonds is 4. The van der Waals surface area contributed by atoms with E-state index in [1.165, 1.54) is 0 Å². The monoisotopic (exact) mass is 166 g/mol. The van der Waals surface area contributed by atoms with Crippen LogP contribution in [0.4, 0.5) is 0 Å². The molecule has 0 aromatic heterocycles. The largest absolute Gasteiger partial charge is 0.465 e. The van der Waals surface area contributed by atoms with Gasteiger partial charge < -0.3 is 9.84 Å². The predicted molar refractivity (Wildman–Crippen MR) is 48.0 cm³/mol. The summed E-state index contributed by atoms with van der Waals surface area (Å²) in [4.78, 5) is 0. The van der Waals surface area contributed by atoms with Gasteiger partial charge in [-0.15, -0.1) is 0 Å². The molecule has 1 aromatic carbocycles. The normalized spacial score (nSPS) is 12.5. The molecule has 2 heteroatoms. The van der Waals surface area contributed by atoms with Gasteiger partial charge in [-0.25, -0.2) is 0 Å². The predicted octanol–water partition coefficient (Wildman–Crippen LogP) is 2.18. The summed E-state index contributed by atoms with van der Waals surface area (Å²) in [5, 5.41) is 9.28. The molecule has 2 nitrogen and oxygen atoms in total. The molecule has 12 heavy (non-hydrogen) atoms. The van der Waals surface area contributed by atoms with Gasteiger partial charge in [0.2, 0.25) is 0 Å². The van der Waals surface area contributed by atoms with E-state index in [1.54, 1.807) is 0 Å². The molecule has 1 unspecified atom stereocenters. The molecule has 0 amide bonds. The summed E-state index contributed by atoms with van der Waals surface area (Å²) in [6.07, 6.45) is 0.931. The van der Waals surface area contributed by atoms with Gasteiger partial charge in [0.1, 0.15) is 5.75 Å². The Hall–Kier alpha value is -1.02. The second-order valence-electron chi connectivity index (χ2n) is 2.67. The average Bonchev–Trinajstić information content (AvgIpc) is 2.06. The fourth-order valence-corrected chi connectivity index (χ4v) is 0.962. The van der Waals surface area contributed by atoms with E-state index in [-0.39, 0.29) is 0 Å². The minimum absolute atomic E-state index is 0.669. The lowest BCUT2D eigenvalue weighted by molar-refractivity contribution is -0.0232. The van der Waals surface area contributed by atoms with Crippen LogP contribution < -0.4 is 4.74 Å². The van der Waals surface area contributed by atoms with Crippen molar-refractivity contribution < 1.29 is 9.84 Å². The van der Waals surface area contributed by atoms with E-state index in [0.717, 1.165) is 12.2 Å². The highest BCUT2D eigenvalue weighted by molar-refractivity contribution is 5.20. The van der Waals surface area contributed by atoms with Crippen molar-refractivity contribution in [2.24, 2.45) is 0 Å². The average molecular weight is 166 g/mol. The summed E-state index contributed by atoms with van der Waals surface area (Å²) in [6, 6.07) is 9.35. The Balaban J connectivity index is 2.41. The zero-order valence-corrected chi connectivity index (χ0v) is 7.23. The molecule has 0 aliphatic heterocycles. The summed E-state index contributed by atoms with van der Waals surface area (Å²) in [6.45, 7) is 2.01. The number of hydrogen-bond donors (Lipinski definition) is 1. The van der Waals surface area contributed by atoms with Crippen LogP contribution in [0.15, 0.2) is 30.3 Å². The van der Waals surface area contributed by atoms with Crippen molar-refractivity contribution in [2.75, 3.05) is 0 Å². The maximum absolute atomic E-state index is 9.28. The van der Waals surface area contributed by atoms with Gasteiger partial charge in [-0.2, -0.15) is 0 Å². The van der Waals surface area contributed by atoms with Gasteiger partial charge in [0.15, 0.2) is 6.29 Å². The summed E-state index contributed by atoms with van der Waals surface area (Å²) >= 11 is 0. The van der Waals surface area contributed by atoms with Gasteiger partial charge >= 0.3 is 0 Å². The van der Waals surface area contributed by atoms with Crippen molar-refractivity contribution >= 4 is 0 Å². The zero-order chi connectivity index (χ0) is 8.81. The third kappa shape index (κ3) is 2.93. The second-order valence-corrected chi connectivity index (χ2v) is 2.67. The molecular formula is C10H14O2. The number of aliphatic hydroxyl groups is 1. The molecule has 0 aliphatic rings. The Morgan fingerprint density at radius 1 is 1.33 bits per heavy atom. The van der Waals surface area contributed by atoms with Crippen LogP contribution in [0, 0.1) is 0 Å². The van der Waals surface area contributed by atoms with Gasteiger partial charge in [-0.1, -0.05) is 31.5 Å². The Kier molecular flexibility index (Phi) is 3.61. The maximum Gasteiger partial charge on any atom is 0.197 e. The third-order valence-corrected chi connectivity index (χ3v) is 1.55. The first-order valence-corrected chi connectivity index (χ1v) is 4.22. The van der Waals surface area contributed by atoms with Crippen molar-refractivity contribution in [3.8, 4) is 5.75 Å². The second kappa shape index (κ2) is 4.78. The molecule has 0 bridgehead atoms. The third-order valence-electron chi connectivity index (χ3n) is 1.55. The molecule has 66 valence electrons. The first kappa shape index (κ1) is 9.07. The molecule has 1 rings (SSSR count). The Bertz CT molecular complexity index is 208. The van der Waals surface area contributed by atoms with Crippen LogP contribution in [0.2, 0.25) is 0 Å². The van der Waals surface area contributed by atoms with Gasteiger partial charge in [0, 0.05) is 6.42 Å². The minimum Gasteiger partial charge on any atom is -0.465 e. The van der Waals surface area contributed by atoms with Crippen molar-refractivity contribution in [1.29, 1.82) is 0 Å². The fourth-order valence-electron chi connectivity index (χ4n) is 0.962. The van der Waals surface area contributed by atoms with Crippen LogP contribution >= 0.6 is 0 Å².